The van der Waals surface area contributed by atoms with Gasteiger partial charge in [0, 0.05) is 49.7 Å². The summed E-state index contributed by atoms with van der Waals surface area (Å²) in [4.78, 5) is 2.32. The van der Waals surface area contributed by atoms with E-state index >= 15 is 0 Å². The minimum atomic E-state index is -0.448. The molecule has 1 atom stereocenters. The number of aryl methyl sites for hydroxylation is 1. The van der Waals surface area contributed by atoms with Crippen LogP contribution in [0, 0.1) is 0 Å². The molecule has 0 fully saturated rings. The Hall–Kier alpha value is -1.62. The smallest absolute Gasteiger partial charge is 0.0900 e. The molecule has 1 aliphatic rings. The lowest BCUT2D eigenvalue weighted by molar-refractivity contribution is 0.0235. The van der Waals surface area contributed by atoms with E-state index in [9.17, 15) is 5.11 Å². The summed E-state index contributed by atoms with van der Waals surface area (Å²) in [7, 11) is 2.15. The molecule has 0 saturated heterocycles. The van der Waals surface area contributed by atoms with Crippen LogP contribution < -0.4 is 0 Å². The molecule has 0 aliphatic carbocycles. The molecule has 1 aromatic heterocycles. The third kappa shape index (κ3) is 2.95. The van der Waals surface area contributed by atoms with Crippen molar-refractivity contribution in [1.29, 1.82) is 0 Å². The highest BCUT2D eigenvalue weighted by Crippen LogP contribution is 2.29. The Labute approximate surface area is 131 Å². The standard InChI is InChI=1S/C18H24N2O2/c1-3-10-22-13-14(21)11-20-9-8-18-16(12-20)15-6-4-5-7-17(15)19(18)2/h3-7,14,21H,1,8-13H2,2H3. The quantitative estimate of drug-likeness (QED) is 0.656. The van der Waals surface area contributed by atoms with E-state index in [4.69, 9.17) is 4.74 Å². The second-order valence-electron chi connectivity index (χ2n) is 5.97. The van der Waals surface area contributed by atoms with Crippen LogP contribution >= 0.6 is 0 Å². The SMILES string of the molecule is C=CCOCC(O)CN1CCc2c(c3ccccc3n2C)C1. The van der Waals surface area contributed by atoms with Crippen LogP contribution in [0.3, 0.4) is 0 Å². The molecule has 2 aromatic rings. The van der Waals surface area contributed by atoms with Crippen molar-refractivity contribution in [3.8, 4) is 0 Å². The van der Waals surface area contributed by atoms with Crippen LogP contribution in [0.25, 0.3) is 10.9 Å². The lowest BCUT2D eigenvalue weighted by Gasteiger charge is -2.29. The minimum absolute atomic E-state index is 0.366. The van der Waals surface area contributed by atoms with Gasteiger partial charge in [-0.2, -0.15) is 0 Å². The van der Waals surface area contributed by atoms with Crippen LogP contribution in [0.1, 0.15) is 11.3 Å². The molecular formula is C18H24N2O2. The van der Waals surface area contributed by atoms with Crippen LogP contribution in [0.2, 0.25) is 0 Å². The van der Waals surface area contributed by atoms with Crippen molar-refractivity contribution in [3.05, 3.63) is 48.2 Å². The largest absolute Gasteiger partial charge is 0.389 e. The van der Waals surface area contributed by atoms with E-state index in [1.807, 2.05) is 0 Å². The number of β-amino-alcohol motifs (C(OH)–C–C–N with tert-alkyl or cyclic N) is 1. The number of nitrogens with zero attached hydrogens (tertiary/aromatic N) is 2. The predicted octanol–water partition coefficient (Wildman–Crippen LogP) is 2.10. The lowest BCUT2D eigenvalue weighted by atomic mass is 10.0. The van der Waals surface area contributed by atoms with Gasteiger partial charge >= 0.3 is 0 Å². The summed E-state index contributed by atoms with van der Waals surface area (Å²) in [5.41, 5.74) is 4.13. The van der Waals surface area contributed by atoms with E-state index in [-0.39, 0.29) is 0 Å². The average molecular weight is 300 g/mol. The highest BCUT2D eigenvalue weighted by molar-refractivity contribution is 5.85. The Bertz CT molecular complexity index is 662. The molecule has 0 amide bonds. The number of benzene rings is 1. The molecule has 4 nitrogen and oxygen atoms in total. The van der Waals surface area contributed by atoms with Gasteiger partial charge in [-0.05, 0) is 11.6 Å². The first-order chi connectivity index (χ1) is 10.7. The van der Waals surface area contributed by atoms with Gasteiger partial charge < -0.3 is 14.4 Å². The maximum absolute atomic E-state index is 10.1. The van der Waals surface area contributed by atoms with Crippen LogP contribution in [0.4, 0.5) is 0 Å². The summed E-state index contributed by atoms with van der Waals surface area (Å²) in [6.07, 6.45) is 2.29. The number of para-hydroxylation sites is 1. The van der Waals surface area contributed by atoms with Crippen LogP contribution in [0.5, 0.6) is 0 Å². The summed E-state index contributed by atoms with van der Waals surface area (Å²) in [6.45, 7) is 7.00. The van der Waals surface area contributed by atoms with Gasteiger partial charge in [0.1, 0.15) is 0 Å². The number of aliphatic hydroxyl groups excluding tert-OH is 1. The molecule has 0 radical (unpaired) electrons. The fourth-order valence-corrected chi connectivity index (χ4v) is 3.38. The summed E-state index contributed by atoms with van der Waals surface area (Å²) < 4.78 is 7.64. The van der Waals surface area contributed by atoms with E-state index in [0.29, 0.717) is 19.8 Å². The predicted molar refractivity (Wildman–Crippen MR) is 88.9 cm³/mol. The Morgan fingerprint density at radius 1 is 1.41 bits per heavy atom. The number of fused-ring (bicyclic) bond motifs is 3. The van der Waals surface area contributed by atoms with Gasteiger partial charge in [0.05, 0.1) is 19.3 Å². The first kappa shape index (κ1) is 15.3. The summed E-state index contributed by atoms with van der Waals surface area (Å²) in [5.74, 6) is 0. The number of aliphatic hydroxyl groups is 1. The molecule has 1 N–H and O–H groups in total. The molecule has 0 spiro atoms. The Morgan fingerprint density at radius 3 is 3.05 bits per heavy atom. The molecule has 118 valence electrons. The van der Waals surface area contributed by atoms with Crippen LogP contribution in [-0.4, -0.2) is 47.0 Å². The molecule has 0 saturated carbocycles. The third-order valence-corrected chi connectivity index (χ3v) is 4.41. The number of aromatic nitrogens is 1. The van der Waals surface area contributed by atoms with Crippen LogP contribution in [0.15, 0.2) is 36.9 Å². The molecule has 1 aliphatic heterocycles. The van der Waals surface area contributed by atoms with Crippen molar-refractivity contribution in [2.45, 2.75) is 19.1 Å². The first-order valence-corrected chi connectivity index (χ1v) is 7.85. The zero-order valence-corrected chi connectivity index (χ0v) is 13.2. The monoisotopic (exact) mass is 300 g/mol. The normalized spacial score (nSPS) is 16.6. The molecular weight excluding hydrogens is 276 g/mol. The highest BCUT2D eigenvalue weighted by Gasteiger charge is 2.23. The third-order valence-electron chi connectivity index (χ3n) is 4.41. The molecule has 22 heavy (non-hydrogen) atoms. The van der Waals surface area contributed by atoms with Gasteiger partial charge in [0.15, 0.2) is 0 Å². The van der Waals surface area contributed by atoms with E-state index in [1.165, 1.54) is 22.2 Å². The maximum Gasteiger partial charge on any atom is 0.0900 e. The fraction of sp³-hybridized carbons (Fsp3) is 0.444. The van der Waals surface area contributed by atoms with Gasteiger partial charge in [-0.3, -0.25) is 4.90 Å². The summed E-state index contributed by atoms with van der Waals surface area (Å²) in [5, 5.41) is 11.4. The van der Waals surface area contributed by atoms with Crippen molar-refractivity contribution >= 4 is 10.9 Å². The second-order valence-corrected chi connectivity index (χ2v) is 5.97. The highest BCUT2D eigenvalue weighted by atomic mass is 16.5. The number of hydrogen-bond acceptors (Lipinski definition) is 3. The molecule has 1 unspecified atom stereocenters. The maximum atomic E-state index is 10.1. The van der Waals surface area contributed by atoms with E-state index in [1.54, 1.807) is 6.08 Å². The van der Waals surface area contributed by atoms with Crippen molar-refractivity contribution < 1.29 is 9.84 Å². The second kappa shape index (κ2) is 6.65. The van der Waals surface area contributed by atoms with Gasteiger partial charge in [-0.15, -0.1) is 6.58 Å². The lowest BCUT2D eigenvalue weighted by Crippen LogP contribution is -2.38. The van der Waals surface area contributed by atoms with Gasteiger partial charge in [0.2, 0.25) is 0 Å². The summed E-state index contributed by atoms with van der Waals surface area (Å²) >= 11 is 0. The first-order valence-electron chi connectivity index (χ1n) is 7.85. The van der Waals surface area contributed by atoms with Gasteiger partial charge in [-0.1, -0.05) is 24.3 Å². The number of hydrogen-bond donors (Lipinski definition) is 1. The number of ether oxygens (including phenoxy) is 1. The molecule has 3 rings (SSSR count). The zero-order valence-electron chi connectivity index (χ0n) is 13.2. The van der Waals surface area contributed by atoms with Crippen molar-refractivity contribution in [3.63, 3.8) is 0 Å². The van der Waals surface area contributed by atoms with Gasteiger partial charge in [0.25, 0.3) is 0 Å². The molecule has 0 bridgehead atoms. The van der Waals surface area contributed by atoms with Gasteiger partial charge in [-0.25, -0.2) is 0 Å². The Kier molecular flexibility index (Phi) is 4.62. The fourth-order valence-electron chi connectivity index (χ4n) is 3.38. The van der Waals surface area contributed by atoms with E-state index in [0.717, 1.165) is 19.5 Å². The zero-order chi connectivity index (χ0) is 15.5. The Balaban J connectivity index is 1.71. The molecule has 2 heterocycles. The van der Waals surface area contributed by atoms with Crippen molar-refractivity contribution in [1.82, 2.24) is 9.47 Å². The van der Waals surface area contributed by atoms with Crippen molar-refractivity contribution in [2.75, 3.05) is 26.3 Å². The number of rotatable bonds is 6. The Morgan fingerprint density at radius 2 is 2.23 bits per heavy atom. The van der Waals surface area contributed by atoms with Crippen molar-refractivity contribution in [2.24, 2.45) is 7.05 Å². The van der Waals surface area contributed by atoms with E-state index < -0.39 is 6.10 Å². The average Bonchev–Trinajstić information content (AvgIpc) is 2.81. The topological polar surface area (TPSA) is 37.6 Å². The summed E-state index contributed by atoms with van der Waals surface area (Å²) in [6, 6.07) is 8.56. The van der Waals surface area contributed by atoms with Crippen LogP contribution in [-0.2, 0) is 24.8 Å². The minimum Gasteiger partial charge on any atom is -0.389 e. The molecule has 4 heteroatoms. The van der Waals surface area contributed by atoms with E-state index in [2.05, 4.69) is 47.4 Å². The molecule has 1 aromatic carbocycles.